The largest absolute Gasteiger partial charge is 0.313 e. The molecule has 0 aliphatic heterocycles. The van der Waals surface area contributed by atoms with Gasteiger partial charge in [0, 0.05) is 11.4 Å². The van der Waals surface area contributed by atoms with E-state index in [2.05, 4.69) is 43.6 Å². The molecular formula is C13H21NS. The summed E-state index contributed by atoms with van der Waals surface area (Å²) in [5.74, 6) is 0. The van der Waals surface area contributed by atoms with Gasteiger partial charge in [-0.1, -0.05) is 19.4 Å². The van der Waals surface area contributed by atoms with E-state index in [-0.39, 0.29) is 0 Å². The van der Waals surface area contributed by atoms with Gasteiger partial charge in [0.15, 0.2) is 0 Å². The van der Waals surface area contributed by atoms with Crippen molar-refractivity contribution in [3.63, 3.8) is 0 Å². The van der Waals surface area contributed by atoms with Crippen LogP contribution in [0, 0.1) is 6.92 Å². The Morgan fingerprint density at radius 2 is 2.27 bits per heavy atom. The molecule has 0 saturated heterocycles. The van der Waals surface area contributed by atoms with Gasteiger partial charge in [-0.3, -0.25) is 0 Å². The number of thiophene rings is 1. The number of hydrogen-bond acceptors (Lipinski definition) is 2. The smallest absolute Gasteiger partial charge is 0.0299 e. The Morgan fingerprint density at radius 3 is 2.80 bits per heavy atom. The highest BCUT2D eigenvalue weighted by Crippen LogP contribution is 2.19. The lowest BCUT2D eigenvalue weighted by molar-refractivity contribution is 0.706. The van der Waals surface area contributed by atoms with Gasteiger partial charge < -0.3 is 5.32 Å². The quantitative estimate of drug-likeness (QED) is 0.722. The fraction of sp³-hybridized carbons (Fsp3) is 0.538. The second-order valence-corrected chi connectivity index (χ2v) is 4.75. The van der Waals surface area contributed by atoms with Crippen molar-refractivity contribution < 1.29 is 0 Å². The molecule has 1 aromatic heterocycles. The molecule has 1 nitrogen and oxygen atoms in total. The van der Waals surface area contributed by atoms with Crippen molar-refractivity contribution in [2.45, 2.75) is 33.6 Å². The average molecular weight is 223 g/mol. The van der Waals surface area contributed by atoms with E-state index < -0.39 is 0 Å². The number of hydrogen-bond donors (Lipinski definition) is 1. The Morgan fingerprint density at radius 1 is 1.47 bits per heavy atom. The highest BCUT2D eigenvalue weighted by molar-refractivity contribution is 7.11. The van der Waals surface area contributed by atoms with Crippen molar-refractivity contribution >= 4 is 17.4 Å². The van der Waals surface area contributed by atoms with Gasteiger partial charge in [0.2, 0.25) is 0 Å². The lowest BCUT2D eigenvalue weighted by Crippen LogP contribution is -2.17. The van der Waals surface area contributed by atoms with Crippen LogP contribution in [0.3, 0.4) is 0 Å². The van der Waals surface area contributed by atoms with Gasteiger partial charge in [0.05, 0.1) is 0 Å². The average Bonchev–Trinajstić information content (AvgIpc) is 2.63. The van der Waals surface area contributed by atoms with Crippen LogP contribution in [0.1, 0.15) is 37.1 Å². The molecule has 0 bridgehead atoms. The molecule has 15 heavy (non-hydrogen) atoms. The van der Waals surface area contributed by atoms with Gasteiger partial charge in [-0.05, 0) is 49.4 Å². The molecule has 1 N–H and O–H groups in total. The fourth-order valence-corrected chi connectivity index (χ4v) is 2.33. The van der Waals surface area contributed by atoms with Crippen LogP contribution in [0.2, 0.25) is 0 Å². The maximum Gasteiger partial charge on any atom is 0.0299 e. The van der Waals surface area contributed by atoms with Gasteiger partial charge in [-0.15, -0.1) is 11.3 Å². The number of nitrogens with one attached hydrogen (secondary N) is 1. The molecule has 0 aliphatic rings. The zero-order valence-electron chi connectivity index (χ0n) is 9.97. The molecule has 0 atom stereocenters. The summed E-state index contributed by atoms with van der Waals surface area (Å²) >= 11 is 1.83. The predicted octanol–water partition coefficient (Wildman–Crippen LogP) is 3.85. The highest BCUT2D eigenvalue weighted by atomic mass is 32.1. The monoisotopic (exact) mass is 223 g/mol. The molecule has 1 heterocycles. The van der Waals surface area contributed by atoms with Crippen molar-refractivity contribution in [1.29, 1.82) is 0 Å². The van der Waals surface area contributed by atoms with Crippen LogP contribution in [-0.4, -0.2) is 13.1 Å². The summed E-state index contributed by atoms with van der Waals surface area (Å²) < 4.78 is 0. The topological polar surface area (TPSA) is 12.0 Å². The standard InChI is InChI=1S/C13H21NS/c1-4-7-14-10-12(5-2)9-13-11(3)6-8-15-13/h6,8-9,14H,4-5,7,10H2,1-3H3. The van der Waals surface area contributed by atoms with Crippen molar-refractivity contribution in [3.8, 4) is 0 Å². The van der Waals surface area contributed by atoms with Crippen molar-refractivity contribution in [3.05, 3.63) is 27.5 Å². The molecule has 2 heteroatoms. The fourth-order valence-electron chi connectivity index (χ4n) is 1.42. The lowest BCUT2D eigenvalue weighted by atomic mass is 10.1. The maximum absolute atomic E-state index is 3.45. The molecule has 0 spiro atoms. The Balaban J connectivity index is 2.57. The summed E-state index contributed by atoms with van der Waals surface area (Å²) in [6.45, 7) is 8.74. The van der Waals surface area contributed by atoms with Gasteiger partial charge in [0.25, 0.3) is 0 Å². The number of rotatable bonds is 6. The molecule has 0 radical (unpaired) electrons. The van der Waals surface area contributed by atoms with Gasteiger partial charge in [0.1, 0.15) is 0 Å². The van der Waals surface area contributed by atoms with E-state index in [1.165, 1.54) is 22.4 Å². The molecule has 0 amide bonds. The SMILES string of the molecule is CCCNCC(=Cc1sccc1C)CC. The first-order valence-corrected chi connectivity index (χ1v) is 6.60. The Bertz CT molecular complexity index is 312. The van der Waals surface area contributed by atoms with E-state index in [9.17, 15) is 0 Å². The summed E-state index contributed by atoms with van der Waals surface area (Å²) in [7, 11) is 0. The molecule has 0 aliphatic carbocycles. The zero-order chi connectivity index (χ0) is 11.1. The Labute approximate surface area is 97.2 Å². The maximum atomic E-state index is 3.45. The van der Waals surface area contributed by atoms with Crippen LogP contribution < -0.4 is 5.32 Å². The molecule has 1 rings (SSSR count). The van der Waals surface area contributed by atoms with Gasteiger partial charge >= 0.3 is 0 Å². The summed E-state index contributed by atoms with van der Waals surface area (Å²) in [5.41, 5.74) is 2.88. The van der Waals surface area contributed by atoms with E-state index in [0.29, 0.717) is 0 Å². The minimum Gasteiger partial charge on any atom is -0.313 e. The minimum absolute atomic E-state index is 1.03. The first-order valence-electron chi connectivity index (χ1n) is 5.72. The van der Waals surface area contributed by atoms with Crippen molar-refractivity contribution in [1.82, 2.24) is 5.32 Å². The molecule has 0 aromatic carbocycles. The van der Waals surface area contributed by atoms with Crippen LogP contribution in [0.4, 0.5) is 0 Å². The third-order valence-corrected chi connectivity index (χ3v) is 3.44. The van der Waals surface area contributed by atoms with E-state index in [1.807, 2.05) is 11.3 Å². The summed E-state index contributed by atoms with van der Waals surface area (Å²) in [5, 5.41) is 5.61. The second-order valence-electron chi connectivity index (χ2n) is 3.80. The molecule has 0 fully saturated rings. The predicted molar refractivity (Wildman–Crippen MR) is 70.5 cm³/mol. The molecule has 84 valence electrons. The number of aryl methyl sites for hydroxylation is 1. The second kappa shape index (κ2) is 6.81. The van der Waals surface area contributed by atoms with E-state index in [1.54, 1.807) is 0 Å². The minimum atomic E-state index is 1.03. The van der Waals surface area contributed by atoms with E-state index >= 15 is 0 Å². The molecular weight excluding hydrogens is 202 g/mol. The van der Waals surface area contributed by atoms with E-state index in [0.717, 1.165) is 19.5 Å². The third-order valence-electron chi connectivity index (χ3n) is 2.47. The summed E-state index contributed by atoms with van der Waals surface area (Å²) in [6, 6.07) is 2.18. The molecule has 0 unspecified atom stereocenters. The van der Waals surface area contributed by atoms with Crippen LogP contribution >= 0.6 is 11.3 Å². The van der Waals surface area contributed by atoms with Crippen molar-refractivity contribution in [2.75, 3.05) is 13.1 Å². The first kappa shape index (κ1) is 12.5. The van der Waals surface area contributed by atoms with Crippen LogP contribution in [0.15, 0.2) is 17.0 Å². The first-order chi connectivity index (χ1) is 7.27. The van der Waals surface area contributed by atoms with Gasteiger partial charge in [-0.25, -0.2) is 0 Å². The third kappa shape index (κ3) is 4.18. The zero-order valence-corrected chi connectivity index (χ0v) is 10.8. The molecule has 0 saturated carbocycles. The summed E-state index contributed by atoms with van der Waals surface area (Å²) in [4.78, 5) is 1.41. The van der Waals surface area contributed by atoms with Crippen LogP contribution in [-0.2, 0) is 0 Å². The highest BCUT2D eigenvalue weighted by Gasteiger charge is 1.99. The van der Waals surface area contributed by atoms with Crippen LogP contribution in [0.5, 0.6) is 0 Å². The Hall–Kier alpha value is -0.600. The molecule has 1 aromatic rings. The van der Waals surface area contributed by atoms with Crippen molar-refractivity contribution in [2.24, 2.45) is 0 Å². The summed E-state index contributed by atoms with van der Waals surface area (Å²) in [6.07, 6.45) is 4.67. The Kier molecular flexibility index (Phi) is 5.66. The van der Waals surface area contributed by atoms with Crippen LogP contribution in [0.25, 0.3) is 6.08 Å². The van der Waals surface area contributed by atoms with E-state index in [4.69, 9.17) is 0 Å². The lowest BCUT2D eigenvalue weighted by Gasteiger charge is -2.06. The normalized spacial score (nSPS) is 12.1. The van der Waals surface area contributed by atoms with Gasteiger partial charge in [-0.2, -0.15) is 0 Å².